The van der Waals surface area contributed by atoms with Crippen LogP contribution in [0.1, 0.15) is 31.2 Å². The summed E-state index contributed by atoms with van der Waals surface area (Å²) in [5, 5.41) is 3.20. The highest BCUT2D eigenvalue weighted by atomic mass is 14.9. The van der Waals surface area contributed by atoms with Crippen LogP contribution in [0, 0.1) is 6.92 Å². The highest BCUT2D eigenvalue weighted by molar-refractivity contribution is 5.05. The van der Waals surface area contributed by atoms with Crippen LogP contribution in [0.3, 0.4) is 0 Å². The molecule has 1 aromatic rings. The molecule has 72 valence electrons. The van der Waals surface area contributed by atoms with E-state index in [4.69, 9.17) is 0 Å². The second-order valence-corrected chi connectivity index (χ2v) is 3.48. The molecule has 3 heteroatoms. The van der Waals surface area contributed by atoms with E-state index in [9.17, 15) is 0 Å². The zero-order valence-electron chi connectivity index (χ0n) is 8.70. The van der Waals surface area contributed by atoms with Crippen molar-refractivity contribution in [1.82, 2.24) is 15.3 Å². The maximum Gasteiger partial charge on any atom is 0.132 e. The summed E-state index contributed by atoms with van der Waals surface area (Å²) in [6, 6.07) is 0.405. The fourth-order valence-electron chi connectivity index (χ4n) is 1.11. The first-order valence-corrected chi connectivity index (χ1v) is 4.61. The number of hydrogen-bond acceptors (Lipinski definition) is 3. The molecule has 13 heavy (non-hydrogen) atoms. The van der Waals surface area contributed by atoms with Gasteiger partial charge in [-0.05, 0) is 26.5 Å². The largest absolute Gasteiger partial charge is 0.317 e. The van der Waals surface area contributed by atoms with Gasteiger partial charge in [0.25, 0.3) is 0 Å². The van der Waals surface area contributed by atoms with Crippen LogP contribution >= 0.6 is 0 Å². The third-order valence-corrected chi connectivity index (χ3v) is 2.41. The molecule has 0 bridgehead atoms. The molecule has 0 amide bonds. The Hall–Kier alpha value is -0.960. The Morgan fingerprint density at radius 2 is 1.77 bits per heavy atom. The Morgan fingerprint density at radius 1 is 1.23 bits per heavy atom. The number of nitrogens with zero attached hydrogens (tertiary/aromatic N) is 2. The van der Waals surface area contributed by atoms with E-state index in [0.717, 1.165) is 11.4 Å². The molecule has 2 unspecified atom stereocenters. The van der Waals surface area contributed by atoms with Crippen molar-refractivity contribution in [3.8, 4) is 0 Å². The molecule has 0 aliphatic rings. The average molecular weight is 179 g/mol. The highest BCUT2D eigenvalue weighted by Gasteiger charge is 2.14. The maximum atomic E-state index is 4.30. The molecule has 0 aliphatic carbocycles. The SMILES string of the molecule is CNC(C)C(C)c1ncc(C)cn1. The van der Waals surface area contributed by atoms with E-state index < -0.39 is 0 Å². The zero-order chi connectivity index (χ0) is 9.84. The van der Waals surface area contributed by atoms with Gasteiger partial charge in [-0.1, -0.05) is 6.92 Å². The zero-order valence-corrected chi connectivity index (χ0v) is 8.70. The normalized spacial score (nSPS) is 15.4. The summed E-state index contributed by atoms with van der Waals surface area (Å²) in [4.78, 5) is 8.59. The predicted molar refractivity (Wildman–Crippen MR) is 53.7 cm³/mol. The van der Waals surface area contributed by atoms with Crippen molar-refractivity contribution >= 4 is 0 Å². The van der Waals surface area contributed by atoms with Gasteiger partial charge in [0, 0.05) is 24.4 Å². The van der Waals surface area contributed by atoms with Gasteiger partial charge in [0.1, 0.15) is 5.82 Å². The second kappa shape index (κ2) is 4.33. The summed E-state index contributed by atoms with van der Waals surface area (Å²) in [6.07, 6.45) is 3.72. The van der Waals surface area contributed by atoms with Crippen molar-refractivity contribution in [2.24, 2.45) is 0 Å². The summed E-state index contributed by atoms with van der Waals surface area (Å²) in [7, 11) is 1.95. The molecular formula is C10H17N3. The standard InChI is InChI=1S/C10H17N3/c1-7-5-12-10(13-6-7)8(2)9(3)11-4/h5-6,8-9,11H,1-4H3. The lowest BCUT2D eigenvalue weighted by Gasteiger charge is -2.17. The molecule has 1 rings (SSSR count). The first-order valence-electron chi connectivity index (χ1n) is 4.61. The fraction of sp³-hybridized carbons (Fsp3) is 0.600. The van der Waals surface area contributed by atoms with Crippen LogP contribution in [0.25, 0.3) is 0 Å². The van der Waals surface area contributed by atoms with E-state index in [1.54, 1.807) is 0 Å². The van der Waals surface area contributed by atoms with E-state index in [-0.39, 0.29) is 0 Å². The van der Waals surface area contributed by atoms with Crippen LogP contribution in [-0.4, -0.2) is 23.1 Å². The summed E-state index contributed by atoms with van der Waals surface area (Å²) >= 11 is 0. The molecule has 3 nitrogen and oxygen atoms in total. The monoisotopic (exact) mass is 179 g/mol. The molecule has 0 aromatic carbocycles. The molecule has 0 saturated heterocycles. The first kappa shape index (κ1) is 10.1. The summed E-state index contributed by atoms with van der Waals surface area (Å²) in [5.74, 6) is 1.26. The molecule has 0 spiro atoms. The number of rotatable bonds is 3. The topological polar surface area (TPSA) is 37.8 Å². The first-order chi connectivity index (χ1) is 6.15. The van der Waals surface area contributed by atoms with E-state index in [0.29, 0.717) is 12.0 Å². The average Bonchev–Trinajstić information content (AvgIpc) is 2.17. The summed E-state index contributed by atoms with van der Waals surface area (Å²) < 4.78 is 0. The van der Waals surface area contributed by atoms with Crippen molar-refractivity contribution in [3.05, 3.63) is 23.8 Å². The molecular weight excluding hydrogens is 162 g/mol. The molecule has 1 heterocycles. The number of aryl methyl sites for hydroxylation is 1. The van der Waals surface area contributed by atoms with Gasteiger partial charge in [0.2, 0.25) is 0 Å². The maximum absolute atomic E-state index is 4.30. The molecule has 1 N–H and O–H groups in total. The second-order valence-electron chi connectivity index (χ2n) is 3.48. The number of nitrogens with one attached hydrogen (secondary N) is 1. The molecule has 0 radical (unpaired) electrons. The highest BCUT2D eigenvalue weighted by Crippen LogP contribution is 2.13. The van der Waals surface area contributed by atoms with Gasteiger partial charge in [-0.2, -0.15) is 0 Å². The van der Waals surface area contributed by atoms with E-state index >= 15 is 0 Å². The van der Waals surface area contributed by atoms with Crippen LogP contribution in [0.15, 0.2) is 12.4 Å². The van der Waals surface area contributed by atoms with E-state index in [2.05, 4.69) is 29.1 Å². The Bertz CT molecular complexity index is 255. The summed E-state index contributed by atoms with van der Waals surface area (Å²) in [5.41, 5.74) is 1.10. The smallest absolute Gasteiger partial charge is 0.132 e. The fourth-order valence-corrected chi connectivity index (χ4v) is 1.11. The molecule has 0 aliphatic heterocycles. The van der Waals surface area contributed by atoms with Gasteiger partial charge in [-0.25, -0.2) is 9.97 Å². The Balaban J connectivity index is 2.77. The molecule has 2 atom stereocenters. The minimum absolute atomic E-state index is 0.352. The van der Waals surface area contributed by atoms with Gasteiger partial charge in [0.15, 0.2) is 0 Å². The lowest BCUT2D eigenvalue weighted by atomic mass is 10.0. The van der Waals surface area contributed by atoms with Gasteiger partial charge >= 0.3 is 0 Å². The molecule has 1 aromatic heterocycles. The number of hydrogen-bond donors (Lipinski definition) is 1. The molecule has 0 fully saturated rings. The third kappa shape index (κ3) is 2.49. The quantitative estimate of drug-likeness (QED) is 0.764. The molecule has 0 saturated carbocycles. The van der Waals surface area contributed by atoms with E-state index in [1.807, 2.05) is 26.4 Å². The van der Waals surface area contributed by atoms with Crippen LogP contribution in [0.4, 0.5) is 0 Å². The number of aromatic nitrogens is 2. The van der Waals surface area contributed by atoms with Crippen molar-refractivity contribution in [2.75, 3.05) is 7.05 Å². The Labute approximate surface area is 79.6 Å². The lowest BCUT2D eigenvalue weighted by Crippen LogP contribution is -2.28. The van der Waals surface area contributed by atoms with Crippen molar-refractivity contribution in [2.45, 2.75) is 32.7 Å². The minimum atomic E-state index is 0.352. The third-order valence-electron chi connectivity index (χ3n) is 2.41. The van der Waals surface area contributed by atoms with Crippen molar-refractivity contribution in [1.29, 1.82) is 0 Å². The van der Waals surface area contributed by atoms with Gasteiger partial charge in [-0.3, -0.25) is 0 Å². The Kier molecular flexibility index (Phi) is 3.37. The van der Waals surface area contributed by atoms with Crippen molar-refractivity contribution < 1.29 is 0 Å². The predicted octanol–water partition coefficient (Wildman–Crippen LogP) is 1.50. The van der Waals surface area contributed by atoms with Gasteiger partial charge < -0.3 is 5.32 Å². The lowest BCUT2D eigenvalue weighted by molar-refractivity contribution is 0.503. The van der Waals surface area contributed by atoms with Crippen LogP contribution < -0.4 is 5.32 Å². The minimum Gasteiger partial charge on any atom is -0.317 e. The van der Waals surface area contributed by atoms with Gasteiger partial charge in [0.05, 0.1) is 0 Å². The Morgan fingerprint density at radius 3 is 2.23 bits per heavy atom. The van der Waals surface area contributed by atoms with Crippen LogP contribution in [0.5, 0.6) is 0 Å². The van der Waals surface area contributed by atoms with Crippen molar-refractivity contribution in [3.63, 3.8) is 0 Å². The van der Waals surface area contributed by atoms with Crippen LogP contribution in [0.2, 0.25) is 0 Å². The van der Waals surface area contributed by atoms with Crippen LogP contribution in [-0.2, 0) is 0 Å². The van der Waals surface area contributed by atoms with Gasteiger partial charge in [-0.15, -0.1) is 0 Å². The number of likely N-dealkylation sites (N-methyl/N-ethyl adjacent to an activating group) is 1. The summed E-state index contributed by atoms with van der Waals surface area (Å²) in [6.45, 7) is 6.26. The van der Waals surface area contributed by atoms with E-state index in [1.165, 1.54) is 0 Å².